The van der Waals surface area contributed by atoms with Crippen molar-refractivity contribution in [1.29, 1.82) is 0 Å². The number of hydrogen-bond donors (Lipinski definition) is 1. The molecule has 4 heteroatoms. The second-order valence-corrected chi connectivity index (χ2v) is 5.09. The first kappa shape index (κ1) is 14.3. The predicted molar refractivity (Wildman–Crippen MR) is 79.7 cm³/mol. The van der Waals surface area contributed by atoms with Crippen LogP contribution >= 0.6 is 0 Å². The second kappa shape index (κ2) is 5.90. The van der Waals surface area contributed by atoms with Crippen LogP contribution in [0.1, 0.15) is 47.1 Å². The van der Waals surface area contributed by atoms with E-state index in [1.54, 1.807) is 6.20 Å². The summed E-state index contributed by atoms with van der Waals surface area (Å²) in [5, 5.41) is 7.27. The van der Waals surface area contributed by atoms with E-state index in [9.17, 15) is 4.79 Å². The molecule has 0 spiro atoms. The molecule has 2 rings (SSSR count). The van der Waals surface area contributed by atoms with E-state index >= 15 is 0 Å². The van der Waals surface area contributed by atoms with Gasteiger partial charge in [0.2, 0.25) is 0 Å². The predicted octanol–water partition coefficient (Wildman–Crippen LogP) is 3.01. The average Bonchev–Trinajstić information content (AvgIpc) is 2.89. The first-order valence-corrected chi connectivity index (χ1v) is 6.92. The summed E-state index contributed by atoms with van der Waals surface area (Å²) >= 11 is 0. The van der Waals surface area contributed by atoms with Crippen molar-refractivity contribution in [3.63, 3.8) is 0 Å². The van der Waals surface area contributed by atoms with Crippen molar-refractivity contribution < 1.29 is 4.79 Å². The molecular weight excluding hydrogens is 250 g/mol. The van der Waals surface area contributed by atoms with E-state index in [-0.39, 0.29) is 11.9 Å². The third kappa shape index (κ3) is 2.90. The zero-order valence-corrected chi connectivity index (χ0v) is 12.5. The van der Waals surface area contributed by atoms with Gasteiger partial charge in [-0.05, 0) is 45.4 Å². The molecule has 0 saturated carbocycles. The van der Waals surface area contributed by atoms with Gasteiger partial charge in [0, 0.05) is 18.3 Å². The van der Waals surface area contributed by atoms with E-state index in [4.69, 9.17) is 0 Å². The summed E-state index contributed by atoms with van der Waals surface area (Å²) in [6.07, 6.45) is 1.76. The maximum Gasteiger partial charge on any atom is 0.252 e. The number of carbonyl (C=O) groups is 1. The summed E-state index contributed by atoms with van der Waals surface area (Å²) in [7, 11) is 0. The normalized spacial score (nSPS) is 12.2. The van der Waals surface area contributed by atoms with Gasteiger partial charge in [0.1, 0.15) is 0 Å². The van der Waals surface area contributed by atoms with Crippen molar-refractivity contribution in [2.24, 2.45) is 0 Å². The molecule has 0 aliphatic heterocycles. The quantitative estimate of drug-likeness (QED) is 0.929. The summed E-state index contributed by atoms with van der Waals surface area (Å²) in [6.45, 7) is 8.76. The van der Waals surface area contributed by atoms with Crippen molar-refractivity contribution in [3.05, 3.63) is 52.8 Å². The van der Waals surface area contributed by atoms with E-state index in [1.807, 2.05) is 56.6 Å². The Morgan fingerprint density at radius 3 is 2.80 bits per heavy atom. The Hall–Kier alpha value is -2.10. The molecule has 4 nitrogen and oxygen atoms in total. The highest BCUT2D eigenvalue weighted by Crippen LogP contribution is 2.15. The molecule has 1 amide bonds. The Balaban J connectivity index is 2.17. The Bertz CT molecular complexity index is 616. The van der Waals surface area contributed by atoms with Gasteiger partial charge in [-0.2, -0.15) is 5.10 Å². The van der Waals surface area contributed by atoms with E-state index < -0.39 is 0 Å². The largest absolute Gasteiger partial charge is 0.344 e. The zero-order valence-electron chi connectivity index (χ0n) is 12.5. The minimum absolute atomic E-state index is 0.0393. The smallest absolute Gasteiger partial charge is 0.252 e. The molecule has 0 fully saturated rings. The van der Waals surface area contributed by atoms with Crippen LogP contribution in [0.2, 0.25) is 0 Å². The molecule has 1 aromatic carbocycles. The summed E-state index contributed by atoms with van der Waals surface area (Å²) in [5.74, 6) is -0.0393. The van der Waals surface area contributed by atoms with Gasteiger partial charge < -0.3 is 5.32 Å². The van der Waals surface area contributed by atoms with Crippen LogP contribution in [-0.2, 0) is 6.54 Å². The highest BCUT2D eigenvalue weighted by molar-refractivity contribution is 5.96. The summed E-state index contributed by atoms with van der Waals surface area (Å²) < 4.78 is 1.90. The lowest BCUT2D eigenvalue weighted by atomic mass is 10.0. The van der Waals surface area contributed by atoms with Crippen LogP contribution < -0.4 is 5.32 Å². The fraction of sp³-hybridized carbons (Fsp3) is 0.375. The van der Waals surface area contributed by atoms with Gasteiger partial charge in [-0.25, -0.2) is 0 Å². The summed E-state index contributed by atoms with van der Waals surface area (Å²) in [6, 6.07) is 7.80. The molecule has 1 heterocycles. The van der Waals surface area contributed by atoms with Crippen molar-refractivity contribution >= 4 is 5.91 Å². The minimum atomic E-state index is -0.0649. The molecule has 0 aliphatic carbocycles. The van der Waals surface area contributed by atoms with Crippen LogP contribution in [0.5, 0.6) is 0 Å². The molecule has 0 aliphatic rings. The van der Waals surface area contributed by atoms with Gasteiger partial charge in [-0.3, -0.25) is 9.48 Å². The van der Waals surface area contributed by atoms with E-state index in [1.165, 1.54) is 0 Å². The third-order valence-corrected chi connectivity index (χ3v) is 3.48. The van der Waals surface area contributed by atoms with Crippen molar-refractivity contribution in [1.82, 2.24) is 15.1 Å². The molecule has 20 heavy (non-hydrogen) atoms. The van der Waals surface area contributed by atoms with Gasteiger partial charge in [0.25, 0.3) is 5.91 Å². The van der Waals surface area contributed by atoms with E-state index in [2.05, 4.69) is 10.4 Å². The molecule has 1 N–H and O–H groups in total. The fourth-order valence-corrected chi connectivity index (χ4v) is 2.30. The molecule has 2 aromatic rings. The number of amides is 1. The SMILES string of the molecule is CCn1nccc1C(C)NC(=O)c1cc(C)ccc1C. The number of aromatic nitrogens is 2. The number of nitrogens with one attached hydrogen (secondary N) is 1. The highest BCUT2D eigenvalue weighted by atomic mass is 16.1. The number of aryl methyl sites for hydroxylation is 3. The Morgan fingerprint density at radius 2 is 2.10 bits per heavy atom. The van der Waals surface area contributed by atoms with Gasteiger partial charge in [-0.1, -0.05) is 17.7 Å². The van der Waals surface area contributed by atoms with Crippen LogP contribution in [0, 0.1) is 13.8 Å². The van der Waals surface area contributed by atoms with Crippen LogP contribution in [0.4, 0.5) is 0 Å². The lowest BCUT2D eigenvalue weighted by molar-refractivity contribution is 0.0937. The third-order valence-electron chi connectivity index (χ3n) is 3.48. The van der Waals surface area contributed by atoms with Gasteiger partial charge in [0.15, 0.2) is 0 Å². The standard InChI is InChI=1S/C16H21N3O/c1-5-19-15(8-9-17-19)13(4)18-16(20)14-10-11(2)6-7-12(14)3/h6-10,13H,5H2,1-4H3,(H,18,20). The molecule has 0 radical (unpaired) electrons. The Labute approximate surface area is 119 Å². The maximum absolute atomic E-state index is 12.4. The van der Waals surface area contributed by atoms with E-state index in [0.717, 1.165) is 28.9 Å². The zero-order chi connectivity index (χ0) is 14.7. The average molecular weight is 271 g/mol. The summed E-state index contributed by atoms with van der Waals surface area (Å²) in [5.41, 5.74) is 3.84. The summed E-state index contributed by atoms with van der Waals surface area (Å²) in [4.78, 5) is 12.4. The number of hydrogen-bond acceptors (Lipinski definition) is 2. The molecular formula is C16H21N3O. The number of carbonyl (C=O) groups excluding carboxylic acids is 1. The van der Waals surface area contributed by atoms with Crippen LogP contribution in [-0.4, -0.2) is 15.7 Å². The lowest BCUT2D eigenvalue weighted by Crippen LogP contribution is -2.28. The Morgan fingerprint density at radius 1 is 1.35 bits per heavy atom. The van der Waals surface area contributed by atoms with Crippen molar-refractivity contribution in [2.75, 3.05) is 0 Å². The first-order valence-electron chi connectivity index (χ1n) is 6.92. The molecule has 1 aromatic heterocycles. The molecule has 1 atom stereocenters. The Kier molecular flexibility index (Phi) is 4.23. The second-order valence-electron chi connectivity index (χ2n) is 5.09. The van der Waals surface area contributed by atoms with Crippen molar-refractivity contribution in [2.45, 2.75) is 40.3 Å². The molecule has 1 unspecified atom stereocenters. The minimum Gasteiger partial charge on any atom is -0.344 e. The van der Waals surface area contributed by atoms with Crippen LogP contribution in [0.15, 0.2) is 30.5 Å². The topological polar surface area (TPSA) is 46.9 Å². The van der Waals surface area contributed by atoms with Gasteiger partial charge in [0.05, 0.1) is 11.7 Å². The lowest BCUT2D eigenvalue weighted by Gasteiger charge is -2.16. The highest BCUT2D eigenvalue weighted by Gasteiger charge is 2.16. The monoisotopic (exact) mass is 271 g/mol. The van der Waals surface area contributed by atoms with Gasteiger partial charge in [-0.15, -0.1) is 0 Å². The first-order chi connectivity index (χ1) is 9.52. The van der Waals surface area contributed by atoms with Crippen LogP contribution in [0.25, 0.3) is 0 Å². The fourth-order valence-electron chi connectivity index (χ4n) is 2.30. The maximum atomic E-state index is 12.4. The van der Waals surface area contributed by atoms with Gasteiger partial charge >= 0.3 is 0 Å². The van der Waals surface area contributed by atoms with Crippen LogP contribution in [0.3, 0.4) is 0 Å². The molecule has 0 saturated heterocycles. The molecule has 0 bridgehead atoms. The number of nitrogens with zero attached hydrogens (tertiary/aromatic N) is 2. The number of rotatable bonds is 4. The van der Waals surface area contributed by atoms with E-state index in [0.29, 0.717) is 0 Å². The number of benzene rings is 1. The van der Waals surface area contributed by atoms with Crippen molar-refractivity contribution in [3.8, 4) is 0 Å². The molecule has 106 valence electrons.